The van der Waals surface area contributed by atoms with Crippen molar-refractivity contribution in [2.75, 3.05) is 0 Å². The number of hydrogen-bond acceptors (Lipinski definition) is 3. The Hall–Kier alpha value is -0.610. The van der Waals surface area contributed by atoms with Crippen molar-refractivity contribution in [1.82, 2.24) is 5.32 Å². The average Bonchev–Trinajstić information content (AvgIpc) is 2.19. The molecule has 0 aromatic heterocycles. The summed E-state index contributed by atoms with van der Waals surface area (Å²) >= 11 is 0. The van der Waals surface area contributed by atoms with Crippen molar-refractivity contribution in [3.05, 3.63) is 0 Å². The number of nitrogens with two attached hydrogens (primary N) is 2. The Bertz CT molecular complexity index is 239. The molecular weight excluding hydrogens is 202 g/mol. The van der Waals surface area contributed by atoms with Crippen LogP contribution in [0, 0.1) is 5.41 Å². The van der Waals surface area contributed by atoms with E-state index in [1.165, 1.54) is 0 Å². The second-order valence-corrected chi connectivity index (χ2v) is 5.96. The quantitative estimate of drug-likeness (QED) is 0.651. The maximum atomic E-state index is 11.9. The van der Waals surface area contributed by atoms with Gasteiger partial charge in [0.15, 0.2) is 0 Å². The molecule has 94 valence electrons. The van der Waals surface area contributed by atoms with E-state index in [2.05, 4.69) is 5.32 Å². The molecule has 1 aliphatic carbocycles. The molecule has 0 saturated heterocycles. The minimum atomic E-state index is -0.442. The Labute approximate surface area is 98.1 Å². The summed E-state index contributed by atoms with van der Waals surface area (Å²) in [4.78, 5) is 11.9. The minimum absolute atomic E-state index is 0.0343. The van der Waals surface area contributed by atoms with Gasteiger partial charge in [-0.25, -0.2) is 0 Å². The van der Waals surface area contributed by atoms with E-state index in [1.807, 2.05) is 20.8 Å². The van der Waals surface area contributed by atoms with E-state index >= 15 is 0 Å². The van der Waals surface area contributed by atoms with E-state index < -0.39 is 6.04 Å². The molecule has 4 nitrogen and oxygen atoms in total. The number of hydrogen-bond donors (Lipinski definition) is 3. The van der Waals surface area contributed by atoms with Crippen LogP contribution in [0.1, 0.15) is 46.5 Å². The molecule has 1 saturated carbocycles. The first-order valence-corrected chi connectivity index (χ1v) is 6.12. The van der Waals surface area contributed by atoms with Gasteiger partial charge in [-0.3, -0.25) is 4.79 Å². The number of amides is 1. The molecule has 0 bridgehead atoms. The van der Waals surface area contributed by atoms with Gasteiger partial charge in [0.1, 0.15) is 0 Å². The summed E-state index contributed by atoms with van der Waals surface area (Å²) in [6.07, 6.45) is 3.94. The minimum Gasteiger partial charge on any atom is -0.352 e. The van der Waals surface area contributed by atoms with Crippen molar-refractivity contribution in [3.8, 4) is 0 Å². The standard InChI is InChI=1S/C12H25N3O/c1-12(2,3)10(14)11(16)15-9-6-4-8(13)5-7-9/h8-10H,4-7,13-14H2,1-3H3,(H,15,16). The lowest BCUT2D eigenvalue weighted by Gasteiger charge is -2.31. The van der Waals surface area contributed by atoms with E-state index in [1.54, 1.807) is 0 Å². The van der Waals surface area contributed by atoms with Gasteiger partial charge >= 0.3 is 0 Å². The molecule has 1 unspecified atom stereocenters. The first-order valence-electron chi connectivity index (χ1n) is 6.12. The normalized spacial score (nSPS) is 28.6. The van der Waals surface area contributed by atoms with Crippen LogP contribution in [0.15, 0.2) is 0 Å². The van der Waals surface area contributed by atoms with Gasteiger partial charge in [0, 0.05) is 12.1 Å². The summed E-state index contributed by atoms with van der Waals surface area (Å²) in [7, 11) is 0. The van der Waals surface area contributed by atoms with Gasteiger partial charge in [0.25, 0.3) is 0 Å². The lowest BCUT2D eigenvalue weighted by Crippen LogP contribution is -2.52. The SMILES string of the molecule is CC(C)(C)C(N)C(=O)NC1CCC(N)CC1. The zero-order chi connectivity index (χ0) is 12.3. The van der Waals surface area contributed by atoms with Crippen molar-refractivity contribution in [2.24, 2.45) is 16.9 Å². The monoisotopic (exact) mass is 227 g/mol. The molecule has 0 aliphatic heterocycles. The second-order valence-electron chi connectivity index (χ2n) is 5.96. The molecule has 1 rings (SSSR count). The van der Waals surface area contributed by atoms with Crippen LogP contribution in [0.5, 0.6) is 0 Å². The molecule has 0 heterocycles. The van der Waals surface area contributed by atoms with Crippen LogP contribution in [0.4, 0.5) is 0 Å². The highest BCUT2D eigenvalue weighted by molar-refractivity contribution is 5.82. The third-order valence-corrected chi connectivity index (χ3v) is 3.33. The van der Waals surface area contributed by atoms with E-state index in [0.717, 1.165) is 25.7 Å². The molecule has 1 amide bonds. The summed E-state index contributed by atoms with van der Waals surface area (Å²) in [5, 5.41) is 3.03. The van der Waals surface area contributed by atoms with Gasteiger partial charge in [-0.2, -0.15) is 0 Å². The Balaban J connectivity index is 2.40. The highest BCUT2D eigenvalue weighted by atomic mass is 16.2. The Morgan fingerprint density at radius 2 is 1.75 bits per heavy atom. The molecule has 1 aliphatic rings. The first kappa shape index (κ1) is 13.5. The summed E-state index contributed by atoms with van der Waals surface area (Å²) in [5.74, 6) is -0.0343. The van der Waals surface area contributed by atoms with Crippen molar-refractivity contribution in [2.45, 2.75) is 64.6 Å². The highest BCUT2D eigenvalue weighted by Crippen LogP contribution is 2.20. The van der Waals surface area contributed by atoms with Crippen molar-refractivity contribution in [1.29, 1.82) is 0 Å². The van der Waals surface area contributed by atoms with E-state index in [0.29, 0.717) is 6.04 Å². The lowest BCUT2D eigenvalue weighted by atomic mass is 9.86. The maximum absolute atomic E-state index is 11.9. The molecule has 16 heavy (non-hydrogen) atoms. The van der Waals surface area contributed by atoms with Crippen molar-refractivity contribution >= 4 is 5.91 Å². The van der Waals surface area contributed by atoms with E-state index in [-0.39, 0.29) is 17.4 Å². The summed E-state index contributed by atoms with van der Waals surface area (Å²) in [5.41, 5.74) is 11.5. The lowest BCUT2D eigenvalue weighted by molar-refractivity contribution is -0.125. The summed E-state index contributed by atoms with van der Waals surface area (Å²) in [6.45, 7) is 5.94. The molecular formula is C12H25N3O. The summed E-state index contributed by atoms with van der Waals surface area (Å²) in [6, 6.07) is 0.133. The third kappa shape index (κ3) is 3.76. The van der Waals surface area contributed by atoms with E-state index in [4.69, 9.17) is 11.5 Å². The maximum Gasteiger partial charge on any atom is 0.237 e. The number of nitrogens with one attached hydrogen (secondary N) is 1. The zero-order valence-electron chi connectivity index (χ0n) is 10.6. The van der Waals surface area contributed by atoms with Gasteiger partial charge in [0.05, 0.1) is 6.04 Å². The van der Waals surface area contributed by atoms with Crippen LogP contribution in [0.2, 0.25) is 0 Å². The topological polar surface area (TPSA) is 81.1 Å². The van der Waals surface area contributed by atoms with Crippen LogP contribution < -0.4 is 16.8 Å². The second kappa shape index (κ2) is 5.15. The molecule has 1 atom stereocenters. The first-order chi connectivity index (χ1) is 7.30. The molecule has 5 N–H and O–H groups in total. The van der Waals surface area contributed by atoms with Crippen LogP contribution in [-0.2, 0) is 4.79 Å². The molecule has 4 heteroatoms. The smallest absolute Gasteiger partial charge is 0.237 e. The Kier molecular flexibility index (Phi) is 4.33. The number of carbonyl (C=O) groups is 1. The Morgan fingerprint density at radius 3 is 2.19 bits per heavy atom. The fourth-order valence-electron chi connectivity index (χ4n) is 1.95. The number of carbonyl (C=O) groups excluding carboxylic acids is 1. The van der Waals surface area contributed by atoms with E-state index in [9.17, 15) is 4.79 Å². The predicted molar refractivity (Wildman–Crippen MR) is 65.8 cm³/mol. The highest BCUT2D eigenvalue weighted by Gasteiger charge is 2.29. The molecule has 0 aromatic rings. The average molecular weight is 227 g/mol. The molecule has 0 spiro atoms. The molecule has 0 radical (unpaired) electrons. The van der Waals surface area contributed by atoms with Crippen LogP contribution in [0.3, 0.4) is 0 Å². The van der Waals surface area contributed by atoms with Gasteiger partial charge in [-0.15, -0.1) is 0 Å². The van der Waals surface area contributed by atoms with Gasteiger partial charge in [-0.05, 0) is 31.1 Å². The third-order valence-electron chi connectivity index (χ3n) is 3.33. The largest absolute Gasteiger partial charge is 0.352 e. The predicted octanol–water partition coefficient (Wildman–Crippen LogP) is 0.746. The fraction of sp³-hybridized carbons (Fsp3) is 0.917. The van der Waals surface area contributed by atoms with Crippen LogP contribution in [0.25, 0.3) is 0 Å². The fourth-order valence-corrected chi connectivity index (χ4v) is 1.95. The van der Waals surface area contributed by atoms with Gasteiger partial charge < -0.3 is 16.8 Å². The van der Waals surface area contributed by atoms with Crippen LogP contribution in [-0.4, -0.2) is 24.0 Å². The molecule has 0 aromatic carbocycles. The Morgan fingerprint density at radius 1 is 1.25 bits per heavy atom. The van der Waals surface area contributed by atoms with Gasteiger partial charge in [-0.1, -0.05) is 20.8 Å². The zero-order valence-corrected chi connectivity index (χ0v) is 10.6. The summed E-state index contributed by atoms with van der Waals surface area (Å²) < 4.78 is 0. The van der Waals surface area contributed by atoms with Gasteiger partial charge in [0.2, 0.25) is 5.91 Å². The van der Waals surface area contributed by atoms with Crippen molar-refractivity contribution in [3.63, 3.8) is 0 Å². The molecule has 1 fully saturated rings. The van der Waals surface area contributed by atoms with Crippen molar-refractivity contribution < 1.29 is 4.79 Å². The van der Waals surface area contributed by atoms with Crippen LogP contribution >= 0.6 is 0 Å². The number of rotatable bonds is 2.